The maximum atomic E-state index is 6.07. The normalized spacial score (nSPS) is 12.5. The summed E-state index contributed by atoms with van der Waals surface area (Å²) in [5, 5.41) is 3.95. The molecule has 1 rings (SSSR count). The molecule has 16 heavy (non-hydrogen) atoms. The second-order valence-electron chi connectivity index (χ2n) is 3.74. The summed E-state index contributed by atoms with van der Waals surface area (Å²) in [6.07, 6.45) is 5.56. The average molecular weight is 260 g/mol. The van der Waals surface area contributed by atoms with Crippen molar-refractivity contribution in [1.82, 2.24) is 9.97 Å². The molecule has 0 saturated carbocycles. The Hall–Kier alpha value is -0.480. The van der Waals surface area contributed by atoms with E-state index in [0.717, 1.165) is 30.0 Å². The minimum atomic E-state index is 0.386. The summed E-state index contributed by atoms with van der Waals surface area (Å²) in [7, 11) is 0. The molecule has 0 aromatic carbocycles. The van der Waals surface area contributed by atoms with Crippen LogP contribution in [-0.2, 0) is 6.42 Å². The van der Waals surface area contributed by atoms with Crippen LogP contribution in [0.2, 0.25) is 5.15 Å². The van der Waals surface area contributed by atoms with Gasteiger partial charge in [0.25, 0.3) is 0 Å². The molecule has 90 valence electrons. The van der Waals surface area contributed by atoms with Gasteiger partial charge in [-0.3, -0.25) is 0 Å². The molecule has 5 heteroatoms. The number of nitrogens with zero attached hydrogens (tertiary/aromatic N) is 2. The minimum absolute atomic E-state index is 0.386. The molecule has 3 nitrogen and oxygen atoms in total. The van der Waals surface area contributed by atoms with Gasteiger partial charge >= 0.3 is 0 Å². The lowest BCUT2D eigenvalue weighted by Gasteiger charge is -2.16. The molecule has 0 aliphatic carbocycles. The smallest absolute Gasteiger partial charge is 0.137 e. The van der Waals surface area contributed by atoms with Crippen molar-refractivity contribution in [3.8, 4) is 0 Å². The summed E-state index contributed by atoms with van der Waals surface area (Å²) >= 11 is 7.89. The predicted octanol–water partition coefficient (Wildman–Crippen LogP) is 3.25. The molecule has 0 radical (unpaired) electrons. The van der Waals surface area contributed by atoms with E-state index in [1.54, 1.807) is 0 Å². The molecule has 1 N–H and O–H groups in total. The van der Waals surface area contributed by atoms with Crippen molar-refractivity contribution in [1.29, 1.82) is 0 Å². The number of hydrogen-bond acceptors (Lipinski definition) is 4. The van der Waals surface area contributed by atoms with Crippen molar-refractivity contribution in [2.45, 2.75) is 32.7 Å². The third kappa shape index (κ3) is 3.83. The summed E-state index contributed by atoms with van der Waals surface area (Å²) < 4.78 is 0. The van der Waals surface area contributed by atoms with Gasteiger partial charge in [0.15, 0.2) is 0 Å². The van der Waals surface area contributed by atoms with E-state index in [9.17, 15) is 0 Å². The molecule has 0 fully saturated rings. The lowest BCUT2D eigenvalue weighted by Crippen LogP contribution is -2.20. The molecule has 0 amide bonds. The number of aromatic nitrogens is 2. The summed E-state index contributed by atoms with van der Waals surface area (Å²) in [6.45, 7) is 4.26. The second kappa shape index (κ2) is 6.97. The van der Waals surface area contributed by atoms with Crippen LogP contribution in [0.4, 0.5) is 5.82 Å². The molecule has 1 atom stereocenters. The van der Waals surface area contributed by atoms with E-state index in [1.807, 2.05) is 11.8 Å². The summed E-state index contributed by atoms with van der Waals surface area (Å²) in [5.41, 5.74) is 1.03. The highest BCUT2D eigenvalue weighted by Crippen LogP contribution is 2.22. The topological polar surface area (TPSA) is 37.8 Å². The standard InChI is InChI=1S/C11H18ClN3S/c1-4-5-9-10(12)13-7-14-11(9)15-8(2)6-16-3/h7-8H,4-6H2,1-3H3,(H,13,14,15). The van der Waals surface area contributed by atoms with Crippen LogP contribution in [0.5, 0.6) is 0 Å². The van der Waals surface area contributed by atoms with Crippen molar-refractivity contribution in [3.05, 3.63) is 17.0 Å². The van der Waals surface area contributed by atoms with Crippen molar-refractivity contribution >= 4 is 29.2 Å². The SMILES string of the molecule is CCCc1c(Cl)ncnc1NC(C)CSC. The fourth-order valence-electron chi connectivity index (χ4n) is 1.51. The molecule has 1 aromatic heterocycles. The van der Waals surface area contributed by atoms with Crippen molar-refractivity contribution < 1.29 is 0 Å². The molecule has 1 unspecified atom stereocenters. The van der Waals surface area contributed by atoms with Gasteiger partial charge in [0.1, 0.15) is 17.3 Å². The van der Waals surface area contributed by atoms with Crippen LogP contribution in [0.1, 0.15) is 25.8 Å². The third-order valence-corrected chi connectivity index (χ3v) is 3.35. The van der Waals surface area contributed by atoms with Crippen molar-refractivity contribution in [2.24, 2.45) is 0 Å². The second-order valence-corrected chi connectivity index (χ2v) is 5.01. The van der Waals surface area contributed by atoms with Crippen LogP contribution in [0.3, 0.4) is 0 Å². The summed E-state index contributed by atoms with van der Waals surface area (Å²) in [5.74, 6) is 1.93. The molecule has 0 aliphatic heterocycles. The largest absolute Gasteiger partial charge is 0.366 e. The maximum Gasteiger partial charge on any atom is 0.137 e. The molecule has 0 aliphatic rings. The average Bonchev–Trinajstić information content (AvgIpc) is 2.23. The van der Waals surface area contributed by atoms with Gasteiger partial charge in [-0.1, -0.05) is 24.9 Å². The summed E-state index contributed by atoms with van der Waals surface area (Å²) in [4.78, 5) is 8.29. The van der Waals surface area contributed by atoms with Gasteiger partial charge in [-0.25, -0.2) is 9.97 Å². The number of anilines is 1. The van der Waals surface area contributed by atoms with Gasteiger partial charge in [0.2, 0.25) is 0 Å². The number of halogens is 1. The van der Waals surface area contributed by atoms with Gasteiger partial charge in [0, 0.05) is 17.4 Å². The molecule has 1 aromatic rings. The highest BCUT2D eigenvalue weighted by Gasteiger charge is 2.10. The lowest BCUT2D eigenvalue weighted by atomic mass is 10.2. The molecular weight excluding hydrogens is 242 g/mol. The van der Waals surface area contributed by atoms with Gasteiger partial charge in [-0.05, 0) is 19.6 Å². The molecule has 0 spiro atoms. The van der Waals surface area contributed by atoms with Gasteiger partial charge < -0.3 is 5.32 Å². The van der Waals surface area contributed by atoms with Gasteiger partial charge in [-0.2, -0.15) is 11.8 Å². The molecular formula is C11H18ClN3S. The van der Waals surface area contributed by atoms with Crippen LogP contribution in [0.25, 0.3) is 0 Å². The fourth-order valence-corrected chi connectivity index (χ4v) is 2.32. The number of rotatable bonds is 6. The Morgan fingerprint density at radius 1 is 1.50 bits per heavy atom. The van der Waals surface area contributed by atoms with Crippen LogP contribution >= 0.6 is 23.4 Å². The monoisotopic (exact) mass is 259 g/mol. The zero-order chi connectivity index (χ0) is 12.0. The molecule has 0 bridgehead atoms. The Bertz CT molecular complexity index is 333. The van der Waals surface area contributed by atoms with Gasteiger partial charge in [0.05, 0.1) is 0 Å². The van der Waals surface area contributed by atoms with E-state index < -0.39 is 0 Å². The first kappa shape index (κ1) is 13.6. The first-order valence-electron chi connectivity index (χ1n) is 5.43. The number of hydrogen-bond donors (Lipinski definition) is 1. The van der Waals surface area contributed by atoms with Gasteiger partial charge in [-0.15, -0.1) is 0 Å². The maximum absolute atomic E-state index is 6.07. The predicted molar refractivity (Wildman–Crippen MR) is 72.5 cm³/mol. The Morgan fingerprint density at radius 2 is 2.25 bits per heavy atom. The minimum Gasteiger partial charge on any atom is -0.366 e. The van der Waals surface area contributed by atoms with Crippen molar-refractivity contribution in [2.75, 3.05) is 17.3 Å². The quantitative estimate of drug-likeness (QED) is 0.796. The summed E-state index contributed by atoms with van der Waals surface area (Å²) in [6, 6.07) is 0.386. The molecule has 1 heterocycles. The van der Waals surface area contributed by atoms with E-state index >= 15 is 0 Å². The Morgan fingerprint density at radius 3 is 2.88 bits per heavy atom. The van der Waals surface area contributed by atoms with E-state index in [1.165, 1.54) is 6.33 Å². The first-order chi connectivity index (χ1) is 7.69. The van der Waals surface area contributed by atoms with Crippen LogP contribution < -0.4 is 5.32 Å². The highest BCUT2D eigenvalue weighted by atomic mass is 35.5. The number of nitrogens with one attached hydrogen (secondary N) is 1. The number of thioether (sulfide) groups is 1. The van der Waals surface area contributed by atoms with Crippen LogP contribution in [-0.4, -0.2) is 28.0 Å². The van der Waals surface area contributed by atoms with E-state index in [2.05, 4.69) is 35.4 Å². The Labute approximate surface area is 106 Å². The third-order valence-electron chi connectivity index (χ3n) is 2.19. The van der Waals surface area contributed by atoms with E-state index in [-0.39, 0.29) is 0 Å². The molecule has 0 saturated heterocycles. The zero-order valence-electron chi connectivity index (χ0n) is 9.96. The van der Waals surface area contributed by atoms with Crippen molar-refractivity contribution in [3.63, 3.8) is 0 Å². The first-order valence-corrected chi connectivity index (χ1v) is 7.21. The Balaban J connectivity index is 2.81. The zero-order valence-corrected chi connectivity index (χ0v) is 11.5. The fraction of sp³-hybridized carbons (Fsp3) is 0.636. The van der Waals surface area contributed by atoms with Crippen LogP contribution in [0, 0.1) is 0 Å². The lowest BCUT2D eigenvalue weighted by molar-refractivity contribution is 0.863. The van der Waals surface area contributed by atoms with E-state index in [4.69, 9.17) is 11.6 Å². The highest BCUT2D eigenvalue weighted by molar-refractivity contribution is 7.98. The van der Waals surface area contributed by atoms with Crippen LogP contribution in [0.15, 0.2) is 6.33 Å². The Kier molecular flexibility index (Phi) is 5.91. The van der Waals surface area contributed by atoms with E-state index in [0.29, 0.717) is 11.2 Å².